The number of carboxylic acids is 1. The quantitative estimate of drug-likeness (QED) is 0.133. The van der Waals surface area contributed by atoms with E-state index in [2.05, 4.69) is 30.2 Å². The summed E-state index contributed by atoms with van der Waals surface area (Å²) in [6, 6.07) is 7.98. The number of benzene rings is 1. The monoisotopic (exact) mass is 591 g/mol. The van der Waals surface area contributed by atoms with Crippen LogP contribution in [0.4, 0.5) is 0 Å². The molecule has 4 rings (SSSR count). The minimum Gasteiger partial charge on any atom is -0.480 e. The Bertz CT molecular complexity index is 1740. The van der Waals surface area contributed by atoms with E-state index in [1.165, 1.54) is 6.20 Å². The number of rotatable bonds is 12. The van der Waals surface area contributed by atoms with Gasteiger partial charge >= 0.3 is 11.9 Å². The highest BCUT2D eigenvalue weighted by Crippen LogP contribution is 2.23. The lowest BCUT2D eigenvalue weighted by Gasteiger charge is -2.17. The number of aliphatic hydroxyl groups is 1. The van der Waals surface area contributed by atoms with Crippen molar-refractivity contribution in [3.8, 4) is 5.88 Å². The lowest BCUT2D eigenvalue weighted by Crippen LogP contribution is -2.38. The zero-order chi connectivity index (χ0) is 31.0. The van der Waals surface area contributed by atoms with E-state index >= 15 is 0 Å². The van der Waals surface area contributed by atoms with Crippen molar-refractivity contribution in [1.29, 1.82) is 0 Å². The van der Waals surface area contributed by atoms with E-state index in [0.29, 0.717) is 24.2 Å². The van der Waals surface area contributed by atoms with Gasteiger partial charge in [-0.2, -0.15) is 0 Å². The van der Waals surface area contributed by atoms with Gasteiger partial charge in [-0.1, -0.05) is 56.3 Å². The van der Waals surface area contributed by atoms with Gasteiger partial charge in [-0.3, -0.25) is 9.59 Å². The number of aliphatic hydroxyl groups excluding tert-OH is 1. The Balaban J connectivity index is 1.47. The third kappa shape index (κ3) is 8.23. The van der Waals surface area contributed by atoms with Gasteiger partial charge in [0.2, 0.25) is 12.7 Å². The Morgan fingerprint density at radius 3 is 2.63 bits per heavy atom. The average molecular weight is 592 g/mol. The molecule has 1 aromatic carbocycles. The molecule has 3 heterocycles. The summed E-state index contributed by atoms with van der Waals surface area (Å²) in [5, 5.41) is 26.3. The molecule has 0 aliphatic rings. The van der Waals surface area contributed by atoms with Gasteiger partial charge in [0.1, 0.15) is 10.7 Å². The molecule has 4 aromatic rings. The molecule has 43 heavy (non-hydrogen) atoms. The standard InChI is InChI=1S/C29H33N7O7/c1-29(2,3)25-20(30-16-31-25)13-22-27(33-21(26(39)32-22)12-18-8-5-4-6-9-18)43-17-42-24(38)11-7-10-19-14-36(35-34-19)23(15-37)28(40)41/h4-6,8-9,12-14,16,23,37H,7,10-11,15,17H2,1-3H3,(H,30,31)(H,32,39)(H,40,41). The molecule has 14 nitrogen and oxygen atoms in total. The second-order valence-corrected chi connectivity index (χ2v) is 10.6. The van der Waals surface area contributed by atoms with Crippen LogP contribution in [-0.2, 0) is 26.2 Å². The molecular formula is C29H33N7O7. The Morgan fingerprint density at radius 1 is 1.16 bits per heavy atom. The first-order valence-corrected chi connectivity index (χ1v) is 13.5. The molecule has 0 saturated carbocycles. The summed E-state index contributed by atoms with van der Waals surface area (Å²) in [6.45, 7) is 5.00. The zero-order valence-corrected chi connectivity index (χ0v) is 24.0. The predicted octanol–water partition coefficient (Wildman–Crippen LogP) is 0.560. The number of aliphatic carboxylic acids is 1. The van der Waals surface area contributed by atoms with Crippen LogP contribution in [0.5, 0.6) is 5.88 Å². The molecule has 3 aromatic heterocycles. The number of aromatic nitrogens is 7. The molecule has 0 aliphatic carbocycles. The van der Waals surface area contributed by atoms with E-state index in [-0.39, 0.29) is 28.4 Å². The first-order chi connectivity index (χ1) is 20.5. The molecule has 0 aliphatic heterocycles. The first-order valence-electron chi connectivity index (χ1n) is 13.5. The Hall–Kier alpha value is -5.11. The third-order valence-electron chi connectivity index (χ3n) is 6.30. The molecule has 4 N–H and O–H groups in total. The Kier molecular flexibility index (Phi) is 9.83. The molecule has 0 amide bonds. The smallest absolute Gasteiger partial charge is 0.330 e. The number of carbonyl (C=O) groups excluding carboxylic acids is 1. The SMILES string of the molecule is CC(C)(C)c1[nH]cnc1C=c1[nH]c(=O)c(=Cc2ccccc2)nc1OCOC(=O)CCCc1cn(C(CO)C(=O)O)nn1. The lowest BCUT2D eigenvalue weighted by molar-refractivity contribution is -0.150. The van der Waals surface area contributed by atoms with Crippen molar-refractivity contribution in [3.63, 3.8) is 0 Å². The molecule has 0 radical (unpaired) electrons. The Morgan fingerprint density at radius 2 is 1.93 bits per heavy atom. The van der Waals surface area contributed by atoms with E-state index in [1.807, 2.05) is 51.1 Å². The van der Waals surface area contributed by atoms with Gasteiger partial charge in [0.15, 0.2) is 6.04 Å². The number of carboxylic acid groups (broad SMARTS) is 1. The average Bonchev–Trinajstić information content (AvgIpc) is 3.62. The van der Waals surface area contributed by atoms with Gasteiger partial charge in [0, 0.05) is 23.7 Å². The molecule has 226 valence electrons. The minimum absolute atomic E-state index is 0.0336. The highest BCUT2D eigenvalue weighted by atomic mass is 16.7. The summed E-state index contributed by atoms with van der Waals surface area (Å²) in [6.07, 6.45) is 6.97. The number of nitrogens with one attached hydrogen (secondary N) is 2. The summed E-state index contributed by atoms with van der Waals surface area (Å²) >= 11 is 0. The number of hydrogen-bond donors (Lipinski definition) is 4. The van der Waals surface area contributed by atoms with E-state index in [9.17, 15) is 19.5 Å². The van der Waals surface area contributed by atoms with Crippen LogP contribution < -0.4 is 21.0 Å². The van der Waals surface area contributed by atoms with Crippen LogP contribution in [0, 0.1) is 0 Å². The second-order valence-electron chi connectivity index (χ2n) is 10.6. The molecule has 0 fully saturated rings. The summed E-state index contributed by atoms with van der Waals surface area (Å²) in [7, 11) is 0. The van der Waals surface area contributed by atoms with Gasteiger partial charge in [-0.25, -0.2) is 19.4 Å². The van der Waals surface area contributed by atoms with Crippen LogP contribution >= 0.6 is 0 Å². The van der Waals surface area contributed by atoms with Crippen LogP contribution in [0.25, 0.3) is 12.2 Å². The van der Waals surface area contributed by atoms with Crippen molar-refractivity contribution in [3.05, 3.63) is 86.6 Å². The number of nitrogens with zero attached hydrogens (tertiary/aromatic N) is 5. The highest BCUT2D eigenvalue weighted by Gasteiger charge is 2.21. The fourth-order valence-corrected chi connectivity index (χ4v) is 4.12. The van der Waals surface area contributed by atoms with Crippen LogP contribution in [0.1, 0.15) is 62.3 Å². The third-order valence-corrected chi connectivity index (χ3v) is 6.30. The van der Waals surface area contributed by atoms with E-state index in [4.69, 9.17) is 14.6 Å². The minimum atomic E-state index is -1.23. The van der Waals surface area contributed by atoms with Gasteiger partial charge < -0.3 is 29.7 Å². The maximum Gasteiger partial charge on any atom is 0.330 e. The van der Waals surface area contributed by atoms with Crippen molar-refractivity contribution in [1.82, 2.24) is 34.9 Å². The van der Waals surface area contributed by atoms with Crippen LogP contribution in [0.15, 0.2) is 47.7 Å². The maximum atomic E-state index is 12.9. The summed E-state index contributed by atoms with van der Waals surface area (Å²) in [5.41, 5.74) is 2.00. The zero-order valence-electron chi connectivity index (χ0n) is 24.0. The van der Waals surface area contributed by atoms with E-state index < -0.39 is 36.9 Å². The maximum absolute atomic E-state index is 12.9. The van der Waals surface area contributed by atoms with Crippen LogP contribution in [0.3, 0.4) is 0 Å². The predicted molar refractivity (Wildman–Crippen MR) is 153 cm³/mol. The van der Waals surface area contributed by atoms with Crippen molar-refractivity contribution in [2.24, 2.45) is 0 Å². The molecule has 1 unspecified atom stereocenters. The fraction of sp³-hybridized carbons (Fsp3) is 0.345. The molecular weight excluding hydrogens is 558 g/mol. The van der Waals surface area contributed by atoms with Crippen molar-refractivity contribution in [2.75, 3.05) is 13.4 Å². The number of H-pyrrole nitrogens is 2. The van der Waals surface area contributed by atoms with Gasteiger partial charge in [-0.05, 0) is 30.6 Å². The number of hydrogen-bond acceptors (Lipinski definition) is 10. The number of aryl methyl sites for hydroxylation is 1. The number of aromatic amines is 2. The largest absolute Gasteiger partial charge is 0.480 e. The van der Waals surface area contributed by atoms with Crippen molar-refractivity contribution >= 4 is 24.1 Å². The number of imidazole rings is 1. The lowest BCUT2D eigenvalue weighted by atomic mass is 9.90. The summed E-state index contributed by atoms with van der Waals surface area (Å²) in [4.78, 5) is 51.2. The Labute approximate surface area is 245 Å². The normalized spacial score (nSPS) is 13.2. The molecule has 0 bridgehead atoms. The van der Waals surface area contributed by atoms with Crippen LogP contribution in [-0.4, -0.2) is 70.5 Å². The summed E-state index contributed by atoms with van der Waals surface area (Å²) < 4.78 is 12.0. The number of carbonyl (C=O) groups is 2. The van der Waals surface area contributed by atoms with Gasteiger partial charge in [-0.15, -0.1) is 5.10 Å². The highest BCUT2D eigenvalue weighted by molar-refractivity contribution is 5.71. The van der Waals surface area contributed by atoms with Crippen molar-refractivity contribution < 1.29 is 29.3 Å². The van der Waals surface area contributed by atoms with E-state index in [0.717, 1.165) is 15.9 Å². The van der Waals surface area contributed by atoms with Crippen LogP contribution in [0.2, 0.25) is 0 Å². The second kappa shape index (κ2) is 13.7. The number of ether oxygens (including phenoxy) is 2. The molecule has 1 atom stereocenters. The molecule has 0 saturated heterocycles. The topological polar surface area (TPSA) is 198 Å². The van der Waals surface area contributed by atoms with Gasteiger partial charge in [0.05, 0.1) is 24.3 Å². The molecule has 0 spiro atoms. The number of esters is 1. The first kappa shape index (κ1) is 30.8. The molecule has 14 heteroatoms. The summed E-state index contributed by atoms with van der Waals surface area (Å²) in [5.74, 6) is -1.73. The van der Waals surface area contributed by atoms with E-state index in [1.54, 1.807) is 18.5 Å². The fourth-order valence-electron chi connectivity index (χ4n) is 4.12. The van der Waals surface area contributed by atoms with Crippen molar-refractivity contribution in [2.45, 2.75) is 51.5 Å². The van der Waals surface area contributed by atoms with Gasteiger partial charge in [0.25, 0.3) is 5.56 Å².